The van der Waals surface area contributed by atoms with E-state index in [1.165, 1.54) is 4.40 Å². The number of fused-ring (bicyclic) bond motifs is 4. The summed E-state index contributed by atoms with van der Waals surface area (Å²) in [7, 11) is 0. The van der Waals surface area contributed by atoms with Gasteiger partial charge in [0, 0.05) is 37.2 Å². The molecule has 0 saturated heterocycles. The van der Waals surface area contributed by atoms with Crippen LogP contribution in [0.25, 0.3) is 55.6 Å². The molecule has 0 aliphatic heterocycles. The van der Waals surface area contributed by atoms with Gasteiger partial charge in [-0.05, 0) is 54.5 Å². The van der Waals surface area contributed by atoms with Gasteiger partial charge in [0.1, 0.15) is 5.58 Å². The number of pyridine rings is 2. The fraction of sp³-hybridized carbons (Fsp3) is 0.227. The maximum absolute atomic E-state index is 8.63. The van der Waals surface area contributed by atoms with Crippen LogP contribution in [0.4, 0.5) is 0 Å². The number of hydrogen-bond donors (Lipinski definition) is 0. The summed E-state index contributed by atoms with van der Waals surface area (Å²) in [5.41, 5.74) is 8.00. The van der Waals surface area contributed by atoms with E-state index in [2.05, 4.69) is 69.7 Å². The standard InChI is InChI=1S/C27H20NO.C17H22GeN.Ir/c1-2-7-18(8-3-1)20-13-14-22-23-11-6-12-24(27(23)29-25(22)17-20)26-21-10-5-4-9-19(21)15-16-28-26;1-13(2)14-6-8-15(9-7-14)17-11-10-16(12-19-17)18(3,4)5;/h1-3,6-8,11,13-17H,4-5,9-10H2;6-8,10-13H,1-5H3;/q2*-1;/i9D2,10D2;13D;. The van der Waals surface area contributed by atoms with Crippen molar-refractivity contribution in [2.24, 2.45) is 0 Å². The molecule has 249 valence electrons. The maximum Gasteiger partial charge on any atom is 0.121 e. The van der Waals surface area contributed by atoms with Crippen molar-refractivity contribution in [3.63, 3.8) is 0 Å². The zero-order valence-corrected chi connectivity index (χ0v) is 32.9. The van der Waals surface area contributed by atoms with E-state index >= 15 is 0 Å². The van der Waals surface area contributed by atoms with Gasteiger partial charge in [-0.3, -0.25) is 0 Å². The third-order valence-corrected chi connectivity index (χ3v) is 13.0. The predicted octanol–water partition coefficient (Wildman–Crippen LogP) is 11.2. The molecule has 1 radical (unpaired) electrons. The Morgan fingerprint density at radius 2 is 1.65 bits per heavy atom. The second-order valence-electron chi connectivity index (χ2n) is 13.4. The average molecular weight is 885 g/mol. The van der Waals surface area contributed by atoms with E-state index in [0.717, 1.165) is 44.3 Å². The van der Waals surface area contributed by atoms with E-state index in [9.17, 15) is 0 Å². The summed E-state index contributed by atoms with van der Waals surface area (Å²) in [6.07, 6.45) is 0.513. The van der Waals surface area contributed by atoms with Gasteiger partial charge in [-0.25, -0.2) is 0 Å². The Morgan fingerprint density at radius 3 is 2.37 bits per heavy atom. The molecule has 3 heterocycles. The minimum Gasteiger partial charge on any atom is -0.501 e. The average Bonchev–Trinajstić information content (AvgIpc) is 3.52. The van der Waals surface area contributed by atoms with E-state index < -0.39 is 31.9 Å². The van der Waals surface area contributed by atoms with Crippen molar-refractivity contribution in [2.75, 3.05) is 0 Å². The van der Waals surface area contributed by atoms with Crippen molar-refractivity contribution < 1.29 is 31.4 Å². The Labute approximate surface area is 314 Å². The van der Waals surface area contributed by atoms with E-state index in [1.807, 2.05) is 74.6 Å². The van der Waals surface area contributed by atoms with Crippen LogP contribution in [0.15, 0.2) is 114 Å². The van der Waals surface area contributed by atoms with Crippen LogP contribution in [0.3, 0.4) is 0 Å². The van der Waals surface area contributed by atoms with Crippen molar-refractivity contribution >= 4 is 39.6 Å². The van der Waals surface area contributed by atoms with Gasteiger partial charge in [-0.15, -0.1) is 18.2 Å². The summed E-state index contributed by atoms with van der Waals surface area (Å²) in [6, 6.07) is 38.2. The molecule has 0 spiro atoms. The molecule has 1 aliphatic carbocycles. The van der Waals surface area contributed by atoms with Gasteiger partial charge in [0.05, 0.1) is 5.58 Å². The fourth-order valence-corrected chi connectivity index (χ4v) is 8.15. The topological polar surface area (TPSA) is 38.9 Å². The van der Waals surface area contributed by atoms with Gasteiger partial charge in [-0.1, -0.05) is 64.5 Å². The number of aromatic nitrogens is 2. The number of furan rings is 1. The molecule has 0 unspecified atom stereocenters. The third kappa shape index (κ3) is 7.53. The molecule has 0 atom stereocenters. The first kappa shape index (κ1) is 29.0. The molecule has 0 N–H and O–H groups in total. The number of rotatable bonds is 5. The summed E-state index contributed by atoms with van der Waals surface area (Å²) >= 11 is -1.78. The zero-order chi connectivity index (χ0) is 37.8. The smallest absolute Gasteiger partial charge is 0.121 e. The quantitative estimate of drug-likeness (QED) is 0.128. The first-order valence-corrected chi connectivity index (χ1v) is 23.8. The molecular formula is C44H42GeIrN2O-2. The van der Waals surface area contributed by atoms with Gasteiger partial charge >= 0.3 is 120 Å². The molecule has 5 heteroatoms. The molecule has 3 aromatic heterocycles. The van der Waals surface area contributed by atoms with Gasteiger partial charge in [0.25, 0.3) is 0 Å². The number of aryl methyl sites for hydroxylation is 1. The molecule has 8 rings (SSSR count). The van der Waals surface area contributed by atoms with Crippen LogP contribution in [0.2, 0.25) is 17.3 Å². The van der Waals surface area contributed by atoms with Crippen LogP contribution >= 0.6 is 0 Å². The van der Waals surface area contributed by atoms with E-state index in [0.29, 0.717) is 28.0 Å². The van der Waals surface area contributed by atoms with Gasteiger partial charge in [-0.2, -0.15) is 0 Å². The molecule has 1 aliphatic rings. The molecule has 3 nitrogen and oxygen atoms in total. The van der Waals surface area contributed by atoms with Gasteiger partial charge < -0.3 is 9.40 Å². The van der Waals surface area contributed by atoms with Crippen LogP contribution in [0.5, 0.6) is 0 Å². The van der Waals surface area contributed by atoms with Gasteiger partial charge in [0.15, 0.2) is 0 Å². The molecule has 0 bridgehead atoms. The number of hydrogen-bond acceptors (Lipinski definition) is 3. The van der Waals surface area contributed by atoms with Gasteiger partial charge in [0.2, 0.25) is 0 Å². The SMILES string of the molecule is [2H]C(C)(C)c1c[c-]c(-c2cc[c]([Ge]([CH3])([CH3])[CH3])cn2)cc1.[2H]C1([2H])CCC([2H])([2H])c2c1ccnc2-c1[c-]ccc2c1oc1cc(-c3ccccc3)ccc12.[Ir]. The normalized spacial score (nSPS) is 16.5. The Hall–Kier alpha value is -3.83. The summed E-state index contributed by atoms with van der Waals surface area (Å²) in [4.78, 5) is 9.09. The largest absolute Gasteiger partial charge is 0.501 e. The van der Waals surface area contributed by atoms with E-state index in [4.69, 9.17) is 11.3 Å². The summed E-state index contributed by atoms with van der Waals surface area (Å²) in [5, 5.41) is 1.86. The monoisotopic (exact) mass is 886 g/mol. The van der Waals surface area contributed by atoms with Crippen molar-refractivity contribution in [1.29, 1.82) is 0 Å². The Morgan fingerprint density at radius 1 is 0.837 bits per heavy atom. The van der Waals surface area contributed by atoms with Crippen molar-refractivity contribution in [1.82, 2.24) is 9.97 Å². The molecule has 4 aromatic carbocycles. The third-order valence-electron chi connectivity index (χ3n) is 8.77. The van der Waals surface area contributed by atoms with Crippen molar-refractivity contribution in [3.8, 4) is 33.6 Å². The number of nitrogens with zero attached hydrogens (tertiary/aromatic N) is 2. The molecule has 7 aromatic rings. The Bertz CT molecular complexity index is 2360. The molecule has 0 saturated carbocycles. The maximum atomic E-state index is 8.63. The summed E-state index contributed by atoms with van der Waals surface area (Å²) < 4.78 is 49.9. The first-order valence-electron chi connectivity index (χ1n) is 18.9. The fourth-order valence-electron chi connectivity index (χ4n) is 5.98. The predicted molar refractivity (Wildman–Crippen MR) is 203 cm³/mol. The van der Waals surface area contributed by atoms with Crippen molar-refractivity contribution in [2.45, 2.75) is 62.6 Å². The minimum atomic E-state index is -1.78. The summed E-state index contributed by atoms with van der Waals surface area (Å²) in [6.45, 7) is 3.77. The molecule has 0 fully saturated rings. The van der Waals surface area contributed by atoms with Crippen LogP contribution in [-0.2, 0) is 32.9 Å². The van der Waals surface area contributed by atoms with E-state index in [1.54, 1.807) is 18.3 Å². The van der Waals surface area contributed by atoms with Crippen LogP contribution in [0, 0.1) is 12.1 Å². The molecule has 0 amide bonds. The van der Waals surface area contributed by atoms with Crippen LogP contribution in [0.1, 0.15) is 56.1 Å². The van der Waals surface area contributed by atoms with Crippen molar-refractivity contribution in [3.05, 3.63) is 138 Å². The second-order valence-corrected chi connectivity index (χ2v) is 24.0. The minimum absolute atomic E-state index is 0. The first-order chi connectivity index (χ1) is 25.0. The molecular weight excluding hydrogens is 837 g/mol. The second kappa shape index (κ2) is 15.0. The number of benzene rings is 4. The molecule has 49 heavy (non-hydrogen) atoms. The van der Waals surface area contributed by atoms with E-state index in [-0.39, 0.29) is 32.9 Å². The van der Waals surface area contributed by atoms with Crippen LogP contribution in [-0.4, -0.2) is 23.2 Å². The van der Waals surface area contributed by atoms with Crippen LogP contribution < -0.4 is 4.40 Å². The zero-order valence-electron chi connectivity index (χ0n) is 33.4. The Kier molecular flexibility index (Phi) is 8.84. The summed E-state index contributed by atoms with van der Waals surface area (Å²) in [5.74, 6) is 6.53. The Balaban J connectivity index is 0.000000205.